The van der Waals surface area contributed by atoms with Gasteiger partial charge in [0, 0.05) is 19.3 Å². The van der Waals surface area contributed by atoms with Crippen molar-refractivity contribution in [2.75, 3.05) is 24.7 Å². The number of hydrogen-bond donors (Lipinski definition) is 1. The first-order valence-electron chi connectivity index (χ1n) is 8.45. The van der Waals surface area contributed by atoms with Crippen LogP contribution in [0.5, 0.6) is 0 Å². The summed E-state index contributed by atoms with van der Waals surface area (Å²) in [6.07, 6.45) is 7.05. The number of hydrogen-bond acceptors (Lipinski definition) is 5. The van der Waals surface area contributed by atoms with Gasteiger partial charge in [-0.05, 0) is 50.8 Å². The van der Waals surface area contributed by atoms with Crippen molar-refractivity contribution in [3.63, 3.8) is 0 Å². The van der Waals surface area contributed by atoms with Crippen LogP contribution in [0.4, 0.5) is 5.69 Å². The van der Waals surface area contributed by atoms with E-state index >= 15 is 0 Å². The van der Waals surface area contributed by atoms with E-state index in [0.29, 0.717) is 11.6 Å². The molecule has 1 saturated carbocycles. The maximum absolute atomic E-state index is 11.7. The smallest absolute Gasteiger partial charge is 0.211 e. The van der Waals surface area contributed by atoms with E-state index in [1.807, 2.05) is 25.4 Å². The van der Waals surface area contributed by atoms with Crippen LogP contribution in [0.15, 0.2) is 24.5 Å². The summed E-state index contributed by atoms with van der Waals surface area (Å²) in [5.74, 6) is 0.394. The Morgan fingerprint density at radius 2 is 2.12 bits per heavy atom. The Labute approximate surface area is 148 Å². The molecule has 0 saturated heterocycles. The van der Waals surface area contributed by atoms with Gasteiger partial charge in [0.15, 0.2) is 0 Å². The largest absolute Gasteiger partial charge is 0.369 e. The molecule has 0 bridgehead atoms. The van der Waals surface area contributed by atoms with Gasteiger partial charge in [0.25, 0.3) is 0 Å². The average molecular weight is 361 g/mol. The fourth-order valence-corrected chi connectivity index (χ4v) is 4.83. The molecule has 0 aromatic carbocycles. The van der Waals surface area contributed by atoms with Gasteiger partial charge in [0.05, 0.1) is 28.7 Å². The van der Waals surface area contributed by atoms with Gasteiger partial charge in [-0.3, -0.25) is 0 Å². The first kappa shape index (κ1) is 17.7. The van der Waals surface area contributed by atoms with Crippen LogP contribution in [0.3, 0.4) is 0 Å². The monoisotopic (exact) mass is 361 g/mol. The summed E-state index contributed by atoms with van der Waals surface area (Å²) in [7, 11) is 0.316. The standard InChI is InChI=1S/C17H23N5O2S/c1-19-25(23,24)12-13-5-7-15(8-6-13)21(2)17-14(10-18)11-20-22-9-3-4-16(17)22/h3-4,9,11,13,15,19H,5-8,12H2,1-2H3. The van der Waals surface area contributed by atoms with Gasteiger partial charge in [-0.1, -0.05) is 0 Å². The molecule has 2 heterocycles. The van der Waals surface area contributed by atoms with Gasteiger partial charge >= 0.3 is 0 Å². The fourth-order valence-electron chi connectivity index (χ4n) is 3.71. The number of fused-ring (bicyclic) bond motifs is 1. The van der Waals surface area contributed by atoms with Crippen LogP contribution >= 0.6 is 0 Å². The van der Waals surface area contributed by atoms with Crippen LogP contribution in [0, 0.1) is 17.2 Å². The van der Waals surface area contributed by atoms with Crippen LogP contribution in [0.2, 0.25) is 0 Å². The van der Waals surface area contributed by atoms with Crippen LogP contribution in [0.1, 0.15) is 31.2 Å². The highest BCUT2D eigenvalue weighted by Crippen LogP contribution is 2.33. The van der Waals surface area contributed by atoms with Crippen molar-refractivity contribution in [2.45, 2.75) is 31.7 Å². The Kier molecular flexibility index (Phi) is 4.97. The van der Waals surface area contributed by atoms with Crippen LogP contribution in [0.25, 0.3) is 5.52 Å². The Morgan fingerprint density at radius 3 is 2.76 bits per heavy atom. The summed E-state index contributed by atoms with van der Waals surface area (Å²) in [6, 6.07) is 6.41. The maximum atomic E-state index is 11.7. The Morgan fingerprint density at radius 1 is 1.40 bits per heavy atom. The van der Waals surface area contributed by atoms with E-state index in [-0.39, 0.29) is 11.7 Å². The summed E-state index contributed by atoms with van der Waals surface area (Å²) in [6.45, 7) is 0. The summed E-state index contributed by atoms with van der Waals surface area (Å²) < 4.78 is 27.6. The third kappa shape index (κ3) is 3.62. The van der Waals surface area contributed by atoms with E-state index in [1.54, 1.807) is 10.7 Å². The molecule has 0 aliphatic heterocycles. The third-order valence-corrected chi connectivity index (χ3v) is 6.67. The zero-order valence-electron chi connectivity index (χ0n) is 14.5. The van der Waals surface area contributed by atoms with E-state index in [2.05, 4.69) is 20.8 Å². The third-order valence-electron chi connectivity index (χ3n) is 5.14. The molecule has 0 spiro atoms. The molecule has 2 aromatic heterocycles. The molecule has 1 fully saturated rings. The molecule has 134 valence electrons. The second-order valence-corrected chi connectivity index (χ2v) is 8.60. The normalized spacial score (nSPS) is 21.2. The lowest BCUT2D eigenvalue weighted by Crippen LogP contribution is -2.38. The number of rotatable bonds is 5. The van der Waals surface area contributed by atoms with Crippen LogP contribution in [-0.2, 0) is 10.0 Å². The lowest BCUT2D eigenvalue weighted by atomic mass is 9.86. The minimum absolute atomic E-state index is 0.196. The number of anilines is 1. The van der Waals surface area contributed by atoms with Crippen molar-refractivity contribution in [1.82, 2.24) is 14.3 Å². The first-order chi connectivity index (χ1) is 11.9. The number of aromatic nitrogens is 2. The molecule has 0 amide bonds. The predicted octanol–water partition coefficient (Wildman–Crippen LogP) is 1.75. The summed E-state index contributed by atoms with van der Waals surface area (Å²) in [4.78, 5) is 2.17. The second-order valence-electron chi connectivity index (χ2n) is 6.63. The molecular formula is C17H23N5O2S. The van der Waals surface area contributed by atoms with Gasteiger partial charge in [0.2, 0.25) is 10.0 Å². The van der Waals surface area contributed by atoms with Crippen LogP contribution in [-0.4, -0.2) is 43.9 Å². The molecular weight excluding hydrogens is 338 g/mol. The first-order valence-corrected chi connectivity index (χ1v) is 10.1. The molecule has 1 N–H and O–H groups in total. The number of nitrogens with one attached hydrogen (secondary N) is 1. The van der Waals surface area contributed by atoms with E-state index in [1.165, 1.54) is 7.05 Å². The maximum Gasteiger partial charge on any atom is 0.211 e. The molecule has 1 aliphatic carbocycles. The van der Waals surface area contributed by atoms with Gasteiger partial charge < -0.3 is 4.90 Å². The molecule has 0 atom stereocenters. The van der Waals surface area contributed by atoms with Crippen molar-refractivity contribution in [2.24, 2.45) is 5.92 Å². The van der Waals surface area contributed by atoms with Gasteiger partial charge in [-0.15, -0.1) is 0 Å². The second kappa shape index (κ2) is 7.02. The van der Waals surface area contributed by atoms with Crippen molar-refractivity contribution >= 4 is 21.2 Å². The topological polar surface area (TPSA) is 90.5 Å². The Hall–Kier alpha value is -2.11. The van der Waals surface area contributed by atoms with Crippen molar-refractivity contribution in [1.29, 1.82) is 5.26 Å². The lowest BCUT2D eigenvalue weighted by Gasteiger charge is -2.36. The van der Waals surface area contributed by atoms with Crippen LogP contribution < -0.4 is 9.62 Å². The summed E-state index contributed by atoms with van der Waals surface area (Å²) in [5.41, 5.74) is 2.38. The van der Waals surface area contributed by atoms with Gasteiger partial charge in [-0.25, -0.2) is 17.7 Å². The summed E-state index contributed by atoms with van der Waals surface area (Å²) >= 11 is 0. The molecule has 0 unspecified atom stereocenters. The molecule has 1 aliphatic rings. The number of nitriles is 1. The quantitative estimate of drug-likeness (QED) is 0.876. The zero-order valence-corrected chi connectivity index (χ0v) is 15.3. The minimum Gasteiger partial charge on any atom is -0.369 e. The number of sulfonamides is 1. The molecule has 2 aromatic rings. The molecule has 8 heteroatoms. The highest BCUT2D eigenvalue weighted by atomic mass is 32.2. The predicted molar refractivity (Wildman–Crippen MR) is 96.9 cm³/mol. The fraction of sp³-hybridized carbons (Fsp3) is 0.529. The average Bonchev–Trinajstić information content (AvgIpc) is 3.09. The van der Waals surface area contributed by atoms with E-state index in [0.717, 1.165) is 36.9 Å². The SMILES string of the molecule is CNS(=O)(=O)CC1CCC(N(C)c2c(C#N)cnn3cccc23)CC1. The Balaban J connectivity index is 1.77. The highest BCUT2D eigenvalue weighted by molar-refractivity contribution is 7.89. The summed E-state index contributed by atoms with van der Waals surface area (Å²) in [5, 5.41) is 13.7. The molecule has 0 radical (unpaired) electrons. The van der Waals surface area contributed by atoms with E-state index < -0.39 is 10.0 Å². The highest BCUT2D eigenvalue weighted by Gasteiger charge is 2.28. The molecule has 25 heavy (non-hydrogen) atoms. The zero-order chi connectivity index (χ0) is 18.0. The minimum atomic E-state index is -3.16. The van der Waals surface area contributed by atoms with Crippen molar-refractivity contribution < 1.29 is 8.42 Å². The van der Waals surface area contributed by atoms with E-state index in [9.17, 15) is 13.7 Å². The molecule has 3 rings (SSSR count). The lowest BCUT2D eigenvalue weighted by molar-refractivity contribution is 0.341. The van der Waals surface area contributed by atoms with Gasteiger partial charge in [0.1, 0.15) is 6.07 Å². The van der Waals surface area contributed by atoms with Gasteiger partial charge in [-0.2, -0.15) is 10.4 Å². The van der Waals surface area contributed by atoms with E-state index in [4.69, 9.17) is 0 Å². The Bertz CT molecular complexity index is 891. The van der Waals surface area contributed by atoms with Crippen molar-refractivity contribution in [3.8, 4) is 6.07 Å². The number of nitrogens with zero attached hydrogens (tertiary/aromatic N) is 4. The van der Waals surface area contributed by atoms with Crippen molar-refractivity contribution in [3.05, 3.63) is 30.1 Å². The molecule has 7 nitrogen and oxygen atoms in total.